The van der Waals surface area contributed by atoms with Crippen molar-refractivity contribution < 1.29 is 32.9 Å². The highest BCUT2D eigenvalue weighted by atomic mass is 32.2. The maximum Gasteiger partial charge on any atom is 0.407 e. The Hall–Kier alpha value is -2.66. The standard InChI is InChI=1S/C25H34N2O7S/c1-18(2)15-27(35(31,32)22-10-6-9-20(28)14-22)16-24(29)23(13-19-7-4-3-5-8-19)26-25(30)34-21-11-12-33-17-21/h3-10,14,18,21,23-24,28-29H,11-13,15-17H2,1-2H3,(H,26,30)/t21-,23-,24+/m0/s1. The van der Waals surface area contributed by atoms with Crippen LogP contribution in [-0.2, 0) is 25.9 Å². The number of nitrogens with zero attached hydrogens (tertiary/aromatic N) is 1. The molecule has 35 heavy (non-hydrogen) atoms. The molecule has 10 heteroatoms. The predicted octanol–water partition coefficient (Wildman–Crippen LogP) is 2.53. The molecule has 0 spiro atoms. The Morgan fingerprint density at radius 1 is 1.17 bits per heavy atom. The van der Waals surface area contributed by atoms with Crippen LogP contribution < -0.4 is 5.32 Å². The number of carbonyl (C=O) groups is 1. The summed E-state index contributed by atoms with van der Waals surface area (Å²) in [6.45, 7) is 4.49. The molecule has 192 valence electrons. The molecule has 1 amide bonds. The van der Waals surface area contributed by atoms with E-state index in [1.165, 1.54) is 28.6 Å². The lowest BCUT2D eigenvalue weighted by Gasteiger charge is -2.30. The van der Waals surface area contributed by atoms with Gasteiger partial charge in [0.1, 0.15) is 11.9 Å². The van der Waals surface area contributed by atoms with Gasteiger partial charge < -0.3 is 25.0 Å². The number of hydrogen-bond acceptors (Lipinski definition) is 7. The van der Waals surface area contributed by atoms with Gasteiger partial charge in [-0.15, -0.1) is 0 Å². The molecule has 0 saturated carbocycles. The van der Waals surface area contributed by atoms with E-state index in [0.717, 1.165) is 5.56 Å². The fourth-order valence-electron chi connectivity index (χ4n) is 3.90. The number of rotatable bonds is 11. The van der Waals surface area contributed by atoms with Crippen LogP contribution in [0.4, 0.5) is 4.79 Å². The van der Waals surface area contributed by atoms with Gasteiger partial charge in [-0.25, -0.2) is 13.2 Å². The Balaban J connectivity index is 1.80. The average Bonchev–Trinajstić information content (AvgIpc) is 3.31. The third-order valence-electron chi connectivity index (χ3n) is 5.64. The summed E-state index contributed by atoms with van der Waals surface area (Å²) in [5, 5.41) is 23.7. The largest absolute Gasteiger partial charge is 0.508 e. The van der Waals surface area contributed by atoms with Crippen molar-refractivity contribution in [3.8, 4) is 5.75 Å². The number of nitrogens with one attached hydrogen (secondary N) is 1. The van der Waals surface area contributed by atoms with Gasteiger partial charge in [-0.2, -0.15) is 4.31 Å². The third-order valence-corrected chi connectivity index (χ3v) is 7.47. The minimum Gasteiger partial charge on any atom is -0.508 e. The highest BCUT2D eigenvalue weighted by Crippen LogP contribution is 2.22. The first-order valence-corrected chi connectivity index (χ1v) is 13.1. The molecule has 0 aliphatic carbocycles. The number of amides is 1. The van der Waals surface area contributed by atoms with Crippen LogP contribution in [0.1, 0.15) is 25.8 Å². The second-order valence-corrected chi connectivity index (χ2v) is 11.0. The van der Waals surface area contributed by atoms with Crippen molar-refractivity contribution in [3.63, 3.8) is 0 Å². The number of aliphatic hydroxyl groups excluding tert-OH is 1. The molecule has 2 aromatic carbocycles. The van der Waals surface area contributed by atoms with Gasteiger partial charge in [0, 0.05) is 19.5 Å². The second kappa shape index (κ2) is 12.3. The van der Waals surface area contributed by atoms with Crippen molar-refractivity contribution in [2.24, 2.45) is 5.92 Å². The number of sulfonamides is 1. The molecule has 3 rings (SSSR count). The normalized spacial score (nSPS) is 17.9. The summed E-state index contributed by atoms with van der Waals surface area (Å²) >= 11 is 0. The minimum atomic E-state index is -4.01. The Labute approximate surface area is 206 Å². The first-order valence-electron chi connectivity index (χ1n) is 11.7. The summed E-state index contributed by atoms with van der Waals surface area (Å²) < 4.78 is 38.6. The van der Waals surface area contributed by atoms with Crippen molar-refractivity contribution in [1.29, 1.82) is 0 Å². The molecule has 1 saturated heterocycles. The molecule has 1 fully saturated rings. The SMILES string of the molecule is CC(C)CN(C[C@@H](O)[C@H](Cc1ccccc1)NC(=O)O[C@H]1CCOC1)S(=O)(=O)c1cccc(O)c1. The van der Waals surface area contributed by atoms with Crippen LogP contribution >= 0.6 is 0 Å². The van der Waals surface area contributed by atoms with E-state index in [9.17, 15) is 23.4 Å². The van der Waals surface area contributed by atoms with Crippen LogP contribution in [0.2, 0.25) is 0 Å². The zero-order valence-corrected chi connectivity index (χ0v) is 20.9. The molecular formula is C25H34N2O7S. The van der Waals surface area contributed by atoms with Gasteiger partial charge in [-0.1, -0.05) is 50.2 Å². The fourth-order valence-corrected chi connectivity index (χ4v) is 5.56. The number of phenolic OH excluding ortho intramolecular Hbond substituents is 1. The average molecular weight is 507 g/mol. The lowest BCUT2D eigenvalue weighted by molar-refractivity contribution is 0.0644. The van der Waals surface area contributed by atoms with E-state index in [4.69, 9.17) is 9.47 Å². The van der Waals surface area contributed by atoms with Crippen LogP contribution in [0.5, 0.6) is 5.75 Å². The summed E-state index contributed by atoms with van der Waals surface area (Å²) in [7, 11) is -4.01. The molecule has 1 aliphatic rings. The Kier molecular flexibility index (Phi) is 9.50. The summed E-state index contributed by atoms with van der Waals surface area (Å²) in [4.78, 5) is 12.5. The van der Waals surface area contributed by atoms with E-state index in [1.807, 2.05) is 44.2 Å². The van der Waals surface area contributed by atoms with Crippen LogP contribution in [0.15, 0.2) is 59.5 Å². The first-order chi connectivity index (χ1) is 16.6. The number of ether oxygens (including phenoxy) is 2. The van der Waals surface area contributed by atoms with Gasteiger partial charge in [0.2, 0.25) is 10.0 Å². The molecule has 0 aromatic heterocycles. The van der Waals surface area contributed by atoms with Crippen LogP contribution in [0.3, 0.4) is 0 Å². The van der Waals surface area contributed by atoms with E-state index in [1.54, 1.807) is 0 Å². The maximum atomic E-state index is 13.4. The second-order valence-electron chi connectivity index (χ2n) is 9.11. The lowest BCUT2D eigenvalue weighted by Crippen LogP contribution is -2.51. The van der Waals surface area contributed by atoms with Crippen molar-refractivity contribution >= 4 is 16.1 Å². The monoisotopic (exact) mass is 506 g/mol. The molecule has 2 aromatic rings. The molecule has 3 atom stereocenters. The van der Waals surface area contributed by atoms with E-state index < -0.39 is 28.3 Å². The Morgan fingerprint density at radius 2 is 1.91 bits per heavy atom. The quantitative estimate of drug-likeness (QED) is 0.428. The topological polar surface area (TPSA) is 125 Å². The van der Waals surface area contributed by atoms with E-state index >= 15 is 0 Å². The van der Waals surface area contributed by atoms with Crippen LogP contribution in [-0.4, -0.2) is 73.6 Å². The van der Waals surface area contributed by atoms with Gasteiger partial charge in [0.25, 0.3) is 0 Å². The number of alkyl carbamates (subject to hydrolysis) is 1. The lowest BCUT2D eigenvalue weighted by atomic mass is 10.0. The molecule has 0 unspecified atom stereocenters. The number of phenols is 1. The fraction of sp³-hybridized carbons (Fsp3) is 0.480. The van der Waals surface area contributed by atoms with Gasteiger partial charge in [-0.05, 0) is 36.1 Å². The number of benzene rings is 2. The van der Waals surface area contributed by atoms with E-state index in [0.29, 0.717) is 19.6 Å². The summed E-state index contributed by atoms with van der Waals surface area (Å²) in [6.07, 6.45) is -1.39. The molecule has 1 aliphatic heterocycles. The predicted molar refractivity (Wildman–Crippen MR) is 130 cm³/mol. The zero-order valence-electron chi connectivity index (χ0n) is 20.0. The van der Waals surface area contributed by atoms with Crippen molar-refractivity contribution in [1.82, 2.24) is 9.62 Å². The number of aliphatic hydroxyl groups is 1. The van der Waals surface area contributed by atoms with Gasteiger partial charge in [-0.3, -0.25) is 0 Å². The first kappa shape index (κ1) is 26.9. The molecule has 1 heterocycles. The molecular weight excluding hydrogens is 472 g/mol. The van der Waals surface area contributed by atoms with E-state index in [-0.39, 0.29) is 42.2 Å². The van der Waals surface area contributed by atoms with Crippen molar-refractivity contribution in [2.45, 2.75) is 49.8 Å². The van der Waals surface area contributed by atoms with Crippen LogP contribution in [0.25, 0.3) is 0 Å². The van der Waals surface area contributed by atoms with Gasteiger partial charge >= 0.3 is 6.09 Å². The number of carbonyl (C=O) groups excluding carboxylic acids is 1. The number of aromatic hydroxyl groups is 1. The van der Waals surface area contributed by atoms with Gasteiger partial charge in [0.15, 0.2) is 0 Å². The summed E-state index contributed by atoms with van der Waals surface area (Å²) in [5.41, 5.74) is 0.868. The highest BCUT2D eigenvalue weighted by Gasteiger charge is 2.32. The van der Waals surface area contributed by atoms with Crippen molar-refractivity contribution in [3.05, 3.63) is 60.2 Å². The minimum absolute atomic E-state index is 0.0258. The molecule has 0 radical (unpaired) electrons. The maximum absolute atomic E-state index is 13.4. The van der Waals surface area contributed by atoms with Gasteiger partial charge in [0.05, 0.1) is 30.3 Å². The smallest absolute Gasteiger partial charge is 0.407 e. The van der Waals surface area contributed by atoms with Crippen molar-refractivity contribution in [2.75, 3.05) is 26.3 Å². The summed E-state index contributed by atoms with van der Waals surface area (Å²) in [5.74, 6) is -0.194. The number of hydrogen-bond donors (Lipinski definition) is 3. The van der Waals surface area contributed by atoms with E-state index in [2.05, 4.69) is 5.32 Å². The Morgan fingerprint density at radius 3 is 2.54 bits per heavy atom. The summed E-state index contributed by atoms with van der Waals surface area (Å²) in [6, 6.07) is 13.9. The highest BCUT2D eigenvalue weighted by molar-refractivity contribution is 7.89. The molecule has 3 N–H and O–H groups in total. The van der Waals surface area contributed by atoms with Crippen LogP contribution in [0, 0.1) is 5.92 Å². The Bertz CT molecular complexity index is 1060. The zero-order chi connectivity index (χ0) is 25.4. The third kappa shape index (κ3) is 7.93. The molecule has 9 nitrogen and oxygen atoms in total. The molecule has 0 bridgehead atoms.